The lowest BCUT2D eigenvalue weighted by atomic mass is 9.87. The molecule has 0 aliphatic carbocycles. The van der Waals surface area contributed by atoms with Crippen LogP contribution in [0.25, 0.3) is 11.1 Å². The Balaban J connectivity index is 1.60. The Morgan fingerprint density at radius 1 is 1.33 bits per heavy atom. The van der Waals surface area contributed by atoms with Gasteiger partial charge in [0.25, 0.3) is 0 Å². The number of imidazole rings is 1. The lowest BCUT2D eigenvalue weighted by Crippen LogP contribution is -2.23. The highest BCUT2D eigenvalue weighted by atomic mass is 16.3. The molecule has 0 unspecified atom stereocenters. The van der Waals surface area contributed by atoms with E-state index in [1.54, 1.807) is 12.5 Å². The fraction of sp³-hybridized carbons (Fsp3) is 0.389. The van der Waals surface area contributed by atoms with Gasteiger partial charge in [0.1, 0.15) is 5.52 Å². The molecule has 0 bridgehead atoms. The molecule has 0 aliphatic rings. The van der Waals surface area contributed by atoms with Crippen molar-refractivity contribution >= 4 is 17.0 Å². The quantitative estimate of drug-likeness (QED) is 0.782. The molecule has 2 heterocycles. The third-order valence-corrected chi connectivity index (χ3v) is 3.89. The van der Waals surface area contributed by atoms with Gasteiger partial charge in [0.05, 0.1) is 12.9 Å². The molecule has 1 amide bonds. The Hall–Kier alpha value is -2.63. The summed E-state index contributed by atoms with van der Waals surface area (Å²) in [6, 6.07) is 6.04. The van der Waals surface area contributed by atoms with E-state index >= 15 is 0 Å². The maximum absolute atomic E-state index is 11.9. The normalized spacial score (nSPS) is 11.8. The molecule has 0 spiro atoms. The molecule has 3 aromatic rings. The highest BCUT2D eigenvalue weighted by Gasteiger charge is 2.16. The van der Waals surface area contributed by atoms with Crippen LogP contribution in [0.3, 0.4) is 0 Å². The van der Waals surface area contributed by atoms with Crippen molar-refractivity contribution in [3.63, 3.8) is 0 Å². The molecule has 1 N–H and O–H groups in total. The molecule has 24 heavy (non-hydrogen) atoms. The summed E-state index contributed by atoms with van der Waals surface area (Å²) in [6.07, 6.45) is 5.62. The predicted octanol–water partition coefficient (Wildman–Crippen LogP) is 3.03. The van der Waals surface area contributed by atoms with Crippen LogP contribution in [0.4, 0.5) is 0 Å². The maximum atomic E-state index is 11.9. The SMILES string of the molecule is CC(C)(C)c1ccc2oc(CNC(=O)CCn3ccnc3)nc2c1. The number of aromatic nitrogens is 3. The van der Waals surface area contributed by atoms with E-state index in [0.717, 1.165) is 11.1 Å². The van der Waals surface area contributed by atoms with Gasteiger partial charge in [-0.1, -0.05) is 26.8 Å². The van der Waals surface area contributed by atoms with Crippen molar-refractivity contribution in [2.45, 2.75) is 45.7 Å². The molecule has 0 atom stereocenters. The highest BCUT2D eigenvalue weighted by molar-refractivity contribution is 5.76. The lowest BCUT2D eigenvalue weighted by molar-refractivity contribution is -0.121. The largest absolute Gasteiger partial charge is 0.439 e. The van der Waals surface area contributed by atoms with Gasteiger partial charge >= 0.3 is 0 Å². The third-order valence-electron chi connectivity index (χ3n) is 3.89. The summed E-state index contributed by atoms with van der Waals surface area (Å²) in [5.74, 6) is 0.480. The Morgan fingerprint density at radius 3 is 2.88 bits per heavy atom. The zero-order chi connectivity index (χ0) is 17.2. The van der Waals surface area contributed by atoms with E-state index in [2.05, 4.69) is 42.1 Å². The van der Waals surface area contributed by atoms with Crippen molar-refractivity contribution in [3.05, 3.63) is 48.4 Å². The second-order valence-corrected chi connectivity index (χ2v) is 6.87. The Morgan fingerprint density at radius 2 is 2.17 bits per heavy atom. The van der Waals surface area contributed by atoms with E-state index in [0.29, 0.717) is 25.4 Å². The van der Waals surface area contributed by atoms with E-state index in [1.165, 1.54) is 5.56 Å². The molecule has 6 nitrogen and oxygen atoms in total. The average molecular weight is 326 g/mol. The minimum atomic E-state index is -0.0404. The summed E-state index contributed by atoms with van der Waals surface area (Å²) in [6.45, 7) is 7.39. The van der Waals surface area contributed by atoms with Gasteiger partial charge in [-0.05, 0) is 23.1 Å². The second kappa shape index (κ2) is 6.47. The van der Waals surface area contributed by atoms with Crippen LogP contribution in [0, 0.1) is 0 Å². The fourth-order valence-electron chi connectivity index (χ4n) is 2.43. The minimum absolute atomic E-state index is 0.0404. The number of hydrogen-bond acceptors (Lipinski definition) is 4. The number of aryl methyl sites for hydroxylation is 1. The van der Waals surface area contributed by atoms with Gasteiger partial charge < -0.3 is 14.3 Å². The number of amides is 1. The first-order valence-electron chi connectivity index (χ1n) is 8.04. The number of rotatable bonds is 5. The number of carbonyl (C=O) groups excluding carboxylic acids is 1. The molecule has 0 radical (unpaired) electrons. The van der Waals surface area contributed by atoms with Gasteiger partial charge in [-0.2, -0.15) is 0 Å². The minimum Gasteiger partial charge on any atom is -0.439 e. The van der Waals surface area contributed by atoms with Crippen LogP contribution >= 0.6 is 0 Å². The van der Waals surface area contributed by atoms with Crippen LogP contribution in [0.2, 0.25) is 0 Å². The van der Waals surface area contributed by atoms with Crippen LogP contribution in [0.15, 0.2) is 41.3 Å². The second-order valence-electron chi connectivity index (χ2n) is 6.87. The first kappa shape index (κ1) is 16.2. The number of fused-ring (bicyclic) bond motifs is 1. The van der Waals surface area contributed by atoms with Crippen LogP contribution < -0.4 is 5.32 Å². The summed E-state index contributed by atoms with van der Waals surface area (Å²) >= 11 is 0. The van der Waals surface area contributed by atoms with Crippen LogP contribution in [-0.2, 0) is 23.3 Å². The molecule has 1 aromatic carbocycles. The summed E-state index contributed by atoms with van der Waals surface area (Å²) in [5, 5.41) is 2.84. The molecule has 6 heteroatoms. The molecular weight excluding hydrogens is 304 g/mol. The Kier molecular flexibility index (Phi) is 4.38. The number of hydrogen-bond donors (Lipinski definition) is 1. The molecule has 3 rings (SSSR count). The molecule has 0 aliphatic heterocycles. The van der Waals surface area contributed by atoms with Gasteiger partial charge in [0.15, 0.2) is 5.58 Å². The van der Waals surface area contributed by atoms with Crippen molar-refractivity contribution in [1.29, 1.82) is 0 Å². The Bertz CT molecular complexity index is 828. The van der Waals surface area contributed by atoms with Gasteiger partial charge in [0, 0.05) is 25.4 Å². The number of oxazole rings is 1. The van der Waals surface area contributed by atoms with Crippen molar-refractivity contribution in [2.75, 3.05) is 0 Å². The van der Waals surface area contributed by atoms with E-state index in [-0.39, 0.29) is 11.3 Å². The van der Waals surface area contributed by atoms with E-state index < -0.39 is 0 Å². The zero-order valence-corrected chi connectivity index (χ0v) is 14.2. The van der Waals surface area contributed by atoms with Crippen LogP contribution in [-0.4, -0.2) is 20.4 Å². The summed E-state index contributed by atoms with van der Waals surface area (Å²) < 4.78 is 7.56. The summed E-state index contributed by atoms with van der Waals surface area (Å²) in [7, 11) is 0. The molecular formula is C18H22N4O2. The van der Waals surface area contributed by atoms with Crippen molar-refractivity contribution in [3.8, 4) is 0 Å². The van der Waals surface area contributed by atoms with Gasteiger partial charge in [-0.25, -0.2) is 9.97 Å². The van der Waals surface area contributed by atoms with E-state index in [9.17, 15) is 4.79 Å². The fourth-order valence-corrected chi connectivity index (χ4v) is 2.43. The molecule has 0 fully saturated rings. The molecule has 0 saturated heterocycles. The third kappa shape index (κ3) is 3.82. The predicted molar refractivity (Wildman–Crippen MR) is 91.4 cm³/mol. The number of benzene rings is 1. The topological polar surface area (TPSA) is 73.0 Å². The smallest absolute Gasteiger partial charge is 0.222 e. The number of nitrogens with one attached hydrogen (secondary N) is 1. The maximum Gasteiger partial charge on any atom is 0.222 e. The first-order valence-corrected chi connectivity index (χ1v) is 8.04. The van der Waals surface area contributed by atoms with E-state index in [1.807, 2.05) is 22.9 Å². The summed E-state index contributed by atoms with van der Waals surface area (Å²) in [4.78, 5) is 20.3. The van der Waals surface area contributed by atoms with Gasteiger partial charge in [-0.15, -0.1) is 0 Å². The standard InChI is InChI=1S/C18H22N4O2/c1-18(2,3)13-4-5-15-14(10-13)21-17(24-15)11-20-16(23)6-8-22-9-7-19-12-22/h4-5,7,9-10,12H,6,8,11H2,1-3H3,(H,20,23). The van der Waals surface area contributed by atoms with Crippen molar-refractivity contribution in [1.82, 2.24) is 19.9 Å². The van der Waals surface area contributed by atoms with Gasteiger partial charge in [-0.3, -0.25) is 4.79 Å². The summed E-state index contributed by atoms with van der Waals surface area (Å²) in [5.41, 5.74) is 2.84. The first-order chi connectivity index (χ1) is 11.4. The molecule has 126 valence electrons. The lowest BCUT2D eigenvalue weighted by Gasteiger charge is -2.18. The van der Waals surface area contributed by atoms with Crippen LogP contribution in [0.1, 0.15) is 38.6 Å². The average Bonchev–Trinajstić information content (AvgIpc) is 3.18. The van der Waals surface area contributed by atoms with Gasteiger partial charge in [0.2, 0.25) is 11.8 Å². The van der Waals surface area contributed by atoms with Crippen molar-refractivity contribution in [2.24, 2.45) is 0 Å². The molecule has 0 saturated carbocycles. The van der Waals surface area contributed by atoms with Crippen molar-refractivity contribution < 1.29 is 9.21 Å². The molecule has 2 aromatic heterocycles. The van der Waals surface area contributed by atoms with Crippen LogP contribution in [0.5, 0.6) is 0 Å². The monoisotopic (exact) mass is 326 g/mol. The van der Waals surface area contributed by atoms with E-state index in [4.69, 9.17) is 4.42 Å². The Labute approximate surface area is 140 Å². The highest BCUT2D eigenvalue weighted by Crippen LogP contribution is 2.26. The number of nitrogens with zero attached hydrogens (tertiary/aromatic N) is 3. The zero-order valence-electron chi connectivity index (χ0n) is 14.2. The number of carbonyl (C=O) groups is 1.